The number of hydrogen-bond donors (Lipinski definition) is 1. The van der Waals surface area contributed by atoms with Crippen molar-refractivity contribution in [2.45, 2.75) is 149 Å². The summed E-state index contributed by atoms with van der Waals surface area (Å²) >= 11 is 0. The minimum Gasteiger partial charge on any atom is -0.478 e. The molecule has 4 nitrogen and oxygen atoms in total. The highest BCUT2D eigenvalue weighted by atomic mass is 16.5. The van der Waals surface area contributed by atoms with Gasteiger partial charge in [0.15, 0.2) is 0 Å². The van der Waals surface area contributed by atoms with Crippen LogP contribution in [-0.2, 0) is 14.3 Å². The maximum atomic E-state index is 11.9. The Morgan fingerprint density at radius 3 is 1.50 bits per heavy atom. The molecular weight excluding hydrogens is 400 g/mol. The van der Waals surface area contributed by atoms with Gasteiger partial charge in [0.25, 0.3) is 0 Å². The molecule has 1 atom stereocenters. The van der Waals surface area contributed by atoms with Crippen LogP contribution in [0.1, 0.15) is 143 Å². The molecule has 0 heterocycles. The average Bonchev–Trinajstić information content (AvgIpc) is 2.74. The van der Waals surface area contributed by atoms with Crippen LogP contribution in [0.5, 0.6) is 0 Å². The number of aliphatic carboxylic acids is 1. The van der Waals surface area contributed by atoms with E-state index in [9.17, 15) is 9.59 Å². The van der Waals surface area contributed by atoms with E-state index in [1.807, 2.05) is 0 Å². The fourth-order valence-electron chi connectivity index (χ4n) is 4.10. The van der Waals surface area contributed by atoms with Crippen molar-refractivity contribution in [1.29, 1.82) is 0 Å². The van der Waals surface area contributed by atoms with Crippen molar-refractivity contribution in [3.63, 3.8) is 0 Å². The molecule has 0 spiro atoms. The van der Waals surface area contributed by atoms with E-state index >= 15 is 0 Å². The summed E-state index contributed by atoms with van der Waals surface area (Å²) in [7, 11) is 0. The van der Waals surface area contributed by atoms with E-state index in [0.717, 1.165) is 50.2 Å². The first kappa shape index (κ1) is 30.7. The van der Waals surface area contributed by atoms with Crippen LogP contribution in [0.3, 0.4) is 0 Å². The van der Waals surface area contributed by atoms with Crippen LogP contribution in [0.25, 0.3) is 0 Å². The Balaban J connectivity index is 3.92. The maximum Gasteiger partial charge on any atom is 0.331 e. The third-order valence-electron chi connectivity index (χ3n) is 6.08. The number of ether oxygens (including phenoxy) is 1. The average molecular weight is 453 g/mol. The van der Waals surface area contributed by atoms with Gasteiger partial charge >= 0.3 is 11.9 Å². The maximum absolute atomic E-state index is 11.9. The summed E-state index contributed by atoms with van der Waals surface area (Å²) in [6.45, 7) is 6.75. The monoisotopic (exact) mass is 452 g/mol. The van der Waals surface area contributed by atoms with Gasteiger partial charge in [-0.05, 0) is 31.6 Å². The van der Waals surface area contributed by atoms with Crippen molar-refractivity contribution in [3.05, 3.63) is 12.2 Å². The second-order valence-electron chi connectivity index (χ2n) is 9.79. The van der Waals surface area contributed by atoms with Gasteiger partial charge in [-0.1, -0.05) is 117 Å². The number of esters is 1. The largest absolute Gasteiger partial charge is 0.478 e. The van der Waals surface area contributed by atoms with Crippen molar-refractivity contribution >= 4 is 11.9 Å². The second kappa shape index (κ2) is 22.9. The smallest absolute Gasteiger partial charge is 0.331 e. The van der Waals surface area contributed by atoms with Gasteiger partial charge in [-0.25, -0.2) is 9.59 Å². The summed E-state index contributed by atoms with van der Waals surface area (Å²) in [6.07, 6.45) is 25.4. The number of carboxylic acids is 1. The van der Waals surface area contributed by atoms with Crippen molar-refractivity contribution in [1.82, 2.24) is 0 Å². The minimum atomic E-state index is -1.12. The quantitative estimate of drug-likeness (QED) is 0.0957. The molecule has 0 fully saturated rings. The lowest BCUT2D eigenvalue weighted by Crippen LogP contribution is -2.17. The summed E-state index contributed by atoms with van der Waals surface area (Å²) in [4.78, 5) is 22.5. The predicted octanol–water partition coefficient (Wildman–Crippen LogP) is 8.63. The Kier molecular flexibility index (Phi) is 21.9. The molecule has 0 aliphatic carbocycles. The summed E-state index contributed by atoms with van der Waals surface area (Å²) in [5, 5.41) is 8.68. The molecule has 0 saturated heterocycles. The highest BCUT2D eigenvalue weighted by molar-refractivity contribution is 5.90. The molecule has 0 aromatic carbocycles. The number of rotatable bonds is 23. The fraction of sp³-hybridized carbons (Fsp3) is 0.857. The standard InChI is InChI=1S/C28H52O4/c1-4-5-6-7-8-9-10-11-12-13-14-15-18-21-26(22-19-16-17-20-25(2)3)32-28(31)24-23-27(29)30/h23-26H,4-22H2,1-3H3,(H,29,30)/b24-23-. The summed E-state index contributed by atoms with van der Waals surface area (Å²) in [5.41, 5.74) is 0. The lowest BCUT2D eigenvalue weighted by Gasteiger charge is -2.17. The van der Waals surface area contributed by atoms with E-state index in [4.69, 9.17) is 9.84 Å². The van der Waals surface area contributed by atoms with Crippen molar-refractivity contribution in [3.8, 4) is 0 Å². The third kappa shape index (κ3) is 23.3. The van der Waals surface area contributed by atoms with Crippen LogP contribution >= 0.6 is 0 Å². The molecule has 0 saturated carbocycles. The Labute approximate surface area is 198 Å². The van der Waals surface area contributed by atoms with E-state index in [-0.39, 0.29) is 6.10 Å². The first-order valence-corrected chi connectivity index (χ1v) is 13.6. The predicted molar refractivity (Wildman–Crippen MR) is 135 cm³/mol. The van der Waals surface area contributed by atoms with E-state index in [1.165, 1.54) is 89.9 Å². The zero-order chi connectivity index (χ0) is 23.9. The number of unbranched alkanes of at least 4 members (excludes halogenated alkanes) is 14. The first-order chi connectivity index (χ1) is 15.5. The lowest BCUT2D eigenvalue weighted by molar-refractivity contribution is -0.144. The molecule has 32 heavy (non-hydrogen) atoms. The van der Waals surface area contributed by atoms with Crippen molar-refractivity contribution < 1.29 is 19.4 Å². The van der Waals surface area contributed by atoms with Gasteiger partial charge in [0.05, 0.1) is 0 Å². The highest BCUT2D eigenvalue weighted by Gasteiger charge is 2.13. The number of carbonyl (C=O) groups is 2. The van der Waals surface area contributed by atoms with E-state index in [1.54, 1.807) is 0 Å². The topological polar surface area (TPSA) is 63.6 Å². The zero-order valence-electron chi connectivity index (χ0n) is 21.4. The van der Waals surface area contributed by atoms with Crippen molar-refractivity contribution in [2.24, 2.45) is 5.92 Å². The van der Waals surface area contributed by atoms with E-state index in [2.05, 4.69) is 20.8 Å². The number of carbonyl (C=O) groups excluding carboxylic acids is 1. The first-order valence-electron chi connectivity index (χ1n) is 13.6. The SMILES string of the molecule is CCCCCCCCCCCCCCCC(CCCCCC(C)C)OC(=O)/C=C\C(=O)O. The van der Waals surface area contributed by atoms with Crippen LogP contribution in [0.4, 0.5) is 0 Å². The summed E-state index contributed by atoms with van der Waals surface area (Å²) < 4.78 is 5.55. The minimum absolute atomic E-state index is 0.0901. The molecule has 188 valence electrons. The van der Waals surface area contributed by atoms with E-state index < -0.39 is 11.9 Å². The Morgan fingerprint density at radius 1 is 0.656 bits per heavy atom. The molecular formula is C28H52O4. The summed E-state index contributed by atoms with van der Waals surface area (Å²) in [5.74, 6) is -0.923. The van der Waals surface area contributed by atoms with Crippen LogP contribution in [-0.4, -0.2) is 23.1 Å². The van der Waals surface area contributed by atoms with Crippen LogP contribution < -0.4 is 0 Å². The van der Waals surface area contributed by atoms with Gasteiger partial charge in [0.1, 0.15) is 6.10 Å². The van der Waals surface area contributed by atoms with Gasteiger partial charge in [-0.15, -0.1) is 0 Å². The molecule has 1 unspecified atom stereocenters. The molecule has 4 heteroatoms. The molecule has 0 aromatic heterocycles. The fourth-order valence-corrected chi connectivity index (χ4v) is 4.10. The van der Waals surface area contributed by atoms with Crippen LogP contribution in [0.2, 0.25) is 0 Å². The number of hydrogen-bond acceptors (Lipinski definition) is 3. The molecule has 0 aliphatic rings. The summed E-state index contributed by atoms with van der Waals surface area (Å²) in [6, 6.07) is 0. The second-order valence-corrected chi connectivity index (χ2v) is 9.79. The number of carboxylic acid groups (broad SMARTS) is 1. The third-order valence-corrected chi connectivity index (χ3v) is 6.08. The lowest BCUT2D eigenvalue weighted by atomic mass is 10.00. The Hall–Kier alpha value is -1.32. The van der Waals surface area contributed by atoms with Gasteiger partial charge in [-0.2, -0.15) is 0 Å². The molecule has 0 rings (SSSR count). The normalized spacial score (nSPS) is 12.5. The van der Waals surface area contributed by atoms with E-state index in [0.29, 0.717) is 0 Å². The zero-order valence-corrected chi connectivity index (χ0v) is 21.4. The molecule has 0 bridgehead atoms. The Bertz CT molecular complexity index is 470. The van der Waals surface area contributed by atoms with Gasteiger partial charge in [0, 0.05) is 12.2 Å². The van der Waals surface area contributed by atoms with Gasteiger partial charge in [-0.3, -0.25) is 0 Å². The molecule has 0 radical (unpaired) electrons. The van der Waals surface area contributed by atoms with Crippen molar-refractivity contribution in [2.75, 3.05) is 0 Å². The molecule has 0 aromatic rings. The molecule has 0 amide bonds. The van der Waals surface area contributed by atoms with Crippen LogP contribution in [0, 0.1) is 5.92 Å². The Morgan fingerprint density at radius 2 is 1.06 bits per heavy atom. The van der Waals surface area contributed by atoms with Crippen LogP contribution in [0.15, 0.2) is 12.2 Å². The van der Waals surface area contributed by atoms with Gasteiger partial charge < -0.3 is 9.84 Å². The highest BCUT2D eigenvalue weighted by Crippen LogP contribution is 2.18. The molecule has 1 N–H and O–H groups in total. The van der Waals surface area contributed by atoms with Gasteiger partial charge in [0.2, 0.25) is 0 Å². The molecule has 0 aliphatic heterocycles.